The smallest absolute Gasteiger partial charge is 0.379 e. The van der Waals surface area contributed by atoms with Crippen molar-refractivity contribution in [3.05, 3.63) is 29.3 Å². The van der Waals surface area contributed by atoms with Gasteiger partial charge in [0.2, 0.25) is 0 Å². The maximum atomic E-state index is 13.0. The van der Waals surface area contributed by atoms with Gasteiger partial charge in [0.15, 0.2) is 15.4 Å². The Hall–Kier alpha value is -1.87. The fourth-order valence-electron chi connectivity index (χ4n) is 2.95. The molecule has 0 saturated carbocycles. The lowest BCUT2D eigenvalue weighted by molar-refractivity contribution is -0.137. The number of nitrogens with zero attached hydrogens (tertiary/aromatic N) is 1. The Bertz CT molecular complexity index is 892. The molecule has 1 heterocycles. The fraction of sp³-hybridized carbons (Fsp3) is 0.529. The van der Waals surface area contributed by atoms with Crippen molar-refractivity contribution in [2.24, 2.45) is 0 Å². The minimum atomic E-state index is -4.81. The number of sulfone groups is 1. The van der Waals surface area contributed by atoms with Crippen LogP contribution >= 0.6 is 12.4 Å². The van der Waals surface area contributed by atoms with Crippen LogP contribution in [-0.2, 0) is 20.8 Å². The minimum Gasteiger partial charge on any atom is -0.379 e. The lowest BCUT2D eigenvalue weighted by Gasteiger charge is -2.27. The van der Waals surface area contributed by atoms with Crippen molar-refractivity contribution in [2.75, 3.05) is 24.2 Å². The number of amides is 1. The van der Waals surface area contributed by atoms with Crippen LogP contribution in [0.5, 0.6) is 0 Å². The van der Waals surface area contributed by atoms with Gasteiger partial charge in [0, 0.05) is 5.69 Å². The van der Waals surface area contributed by atoms with Crippen LogP contribution < -0.4 is 10.6 Å². The van der Waals surface area contributed by atoms with E-state index in [1.165, 1.54) is 6.07 Å². The van der Waals surface area contributed by atoms with Gasteiger partial charge in [-0.2, -0.15) is 18.4 Å². The van der Waals surface area contributed by atoms with Gasteiger partial charge < -0.3 is 15.7 Å². The summed E-state index contributed by atoms with van der Waals surface area (Å²) in [7, 11) is -3.79. The number of carbonyl (C=O) groups excluding carboxylic acids is 1. The quantitative estimate of drug-likeness (QED) is 0.623. The summed E-state index contributed by atoms with van der Waals surface area (Å²) < 4.78 is 64.0. The normalized spacial score (nSPS) is 17.5. The van der Waals surface area contributed by atoms with E-state index in [-0.39, 0.29) is 18.1 Å². The third kappa shape index (κ3) is 6.30. The van der Waals surface area contributed by atoms with Gasteiger partial charge in [0.25, 0.3) is 5.91 Å². The molecule has 1 atom stereocenters. The highest BCUT2D eigenvalue weighted by atomic mass is 35.5. The average Bonchev–Trinajstić information content (AvgIpc) is 2.61. The molecule has 0 aliphatic carbocycles. The zero-order valence-corrected chi connectivity index (χ0v) is 17.0. The van der Waals surface area contributed by atoms with Gasteiger partial charge in [-0.1, -0.05) is 0 Å². The second-order valence-corrected chi connectivity index (χ2v) is 9.14. The second kappa shape index (κ2) is 9.30. The van der Waals surface area contributed by atoms with Crippen LogP contribution in [0, 0.1) is 11.3 Å². The lowest BCUT2D eigenvalue weighted by atomic mass is 10.1. The van der Waals surface area contributed by atoms with E-state index in [9.17, 15) is 31.5 Å². The van der Waals surface area contributed by atoms with Crippen LogP contribution in [0.15, 0.2) is 18.2 Å². The molecule has 1 amide bonds. The number of halogens is 4. The third-order valence-corrected chi connectivity index (χ3v) is 6.92. The van der Waals surface area contributed by atoms with Crippen LogP contribution in [-0.4, -0.2) is 49.1 Å². The van der Waals surface area contributed by atoms with E-state index in [2.05, 4.69) is 10.6 Å². The molecule has 2 rings (SSSR count). The van der Waals surface area contributed by atoms with Gasteiger partial charge in [-0.3, -0.25) is 4.79 Å². The third-order valence-electron chi connectivity index (χ3n) is 4.47. The molecule has 29 heavy (non-hydrogen) atoms. The number of hydrogen-bond acceptors (Lipinski definition) is 6. The van der Waals surface area contributed by atoms with E-state index in [0.717, 1.165) is 19.1 Å². The van der Waals surface area contributed by atoms with E-state index in [1.807, 2.05) is 0 Å². The summed E-state index contributed by atoms with van der Waals surface area (Å²) in [4.78, 5) is 12.3. The van der Waals surface area contributed by atoms with Crippen LogP contribution in [0.2, 0.25) is 0 Å². The van der Waals surface area contributed by atoms with E-state index in [1.54, 1.807) is 0 Å². The summed E-state index contributed by atoms with van der Waals surface area (Å²) >= 11 is 0. The number of nitriles is 1. The molecule has 0 spiro atoms. The number of nitrogens with one attached hydrogen (secondary N) is 2. The molecule has 7 nitrogen and oxygen atoms in total. The van der Waals surface area contributed by atoms with Crippen molar-refractivity contribution in [2.45, 2.75) is 36.8 Å². The highest BCUT2D eigenvalue weighted by molar-refractivity contribution is 7.92. The zero-order valence-electron chi connectivity index (χ0n) is 15.4. The summed E-state index contributed by atoms with van der Waals surface area (Å²) in [6.07, 6.45) is -4.11. The zero-order chi connectivity index (χ0) is 21.2. The van der Waals surface area contributed by atoms with E-state index in [0.29, 0.717) is 32.0 Å². The molecular formula is C17H21ClF3N3O4S. The second-order valence-electron chi connectivity index (χ2n) is 6.85. The van der Waals surface area contributed by atoms with Gasteiger partial charge >= 0.3 is 6.18 Å². The molecule has 0 radical (unpaired) electrons. The summed E-state index contributed by atoms with van der Waals surface area (Å²) in [6, 6.07) is 3.94. The number of piperidine rings is 1. The highest BCUT2D eigenvalue weighted by Crippen LogP contribution is 2.33. The molecule has 162 valence electrons. The minimum absolute atomic E-state index is 0. The topological polar surface area (TPSA) is 119 Å². The molecule has 1 aliphatic rings. The predicted molar refractivity (Wildman–Crippen MR) is 102 cm³/mol. The van der Waals surface area contributed by atoms with Crippen molar-refractivity contribution in [3.63, 3.8) is 0 Å². The number of benzene rings is 1. The van der Waals surface area contributed by atoms with Gasteiger partial charge in [-0.25, -0.2) is 8.42 Å². The Morgan fingerprint density at radius 1 is 1.34 bits per heavy atom. The van der Waals surface area contributed by atoms with Gasteiger partial charge in [0.1, 0.15) is 0 Å². The molecular weight excluding hydrogens is 435 g/mol. The molecule has 1 saturated heterocycles. The van der Waals surface area contributed by atoms with Crippen LogP contribution in [0.25, 0.3) is 0 Å². The maximum Gasteiger partial charge on any atom is 0.417 e. The number of aliphatic hydroxyl groups is 1. The Morgan fingerprint density at radius 2 is 1.93 bits per heavy atom. The number of carbonyl (C=O) groups is 1. The largest absolute Gasteiger partial charge is 0.417 e. The first-order valence-electron chi connectivity index (χ1n) is 8.44. The molecule has 1 aliphatic heterocycles. The monoisotopic (exact) mass is 455 g/mol. The van der Waals surface area contributed by atoms with Crippen molar-refractivity contribution in [3.8, 4) is 6.07 Å². The number of anilines is 1. The number of hydrogen-bond donors (Lipinski definition) is 3. The Kier molecular flexibility index (Phi) is 8.07. The Balaban J connectivity index is 0.00000420. The number of alkyl halides is 3. The van der Waals surface area contributed by atoms with Gasteiger partial charge in [-0.15, -0.1) is 12.4 Å². The Labute approximate surface area is 172 Å². The van der Waals surface area contributed by atoms with Crippen molar-refractivity contribution in [1.29, 1.82) is 5.26 Å². The highest BCUT2D eigenvalue weighted by Gasteiger charge is 2.40. The Morgan fingerprint density at radius 3 is 2.45 bits per heavy atom. The lowest BCUT2D eigenvalue weighted by Crippen LogP contribution is -2.49. The molecule has 12 heteroatoms. The summed E-state index contributed by atoms with van der Waals surface area (Å²) in [5.74, 6) is -2.00. The summed E-state index contributed by atoms with van der Waals surface area (Å²) in [6.45, 7) is 2.00. The summed E-state index contributed by atoms with van der Waals surface area (Å²) in [5.41, 5.74) is -4.51. The first-order valence-corrected chi connectivity index (χ1v) is 10.2. The van der Waals surface area contributed by atoms with Crippen LogP contribution in [0.4, 0.5) is 18.9 Å². The molecule has 1 aromatic rings. The number of rotatable bonds is 5. The SMILES string of the molecule is CC(O)(CS(=O)(=O)C1CCNCC1)C(=O)Nc1ccc(C#N)c(C(F)(F)F)c1.Cl. The molecule has 3 N–H and O–H groups in total. The standard InChI is InChI=1S/C17H20F3N3O4S.ClH/c1-16(25,10-28(26,27)13-4-6-22-7-5-13)15(24)23-12-3-2-11(9-21)14(8-12)17(18,19)20;/h2-3,8,13,22,25H,4-7,10H2,1H3,(H,23,24);1H. The molecule has 0 bridgehead atoms. The van der Waals surface area contributed by atoms with Crippen molar-refractivity contribution >= 4 is 33.8 Å². The molecule has 0 aromatic heterocycles. The predicted octanol–water partition coefficient (Wildman–Crippen LogP) is 1.86. The molecule has 1 fully saturated rings. The summed E-state index contributed by atoms with van der Waals surface area (Å²) in [5, 5.41) is 23.6. The average molecular weight is 456 g/mol. The molecule has 1 aromatic carbocycles. The van der Waals surface area contributed by atoms with Crippen molar-refractivity contribution < 1.29 is 31.5 Å². The van der Waals surface area contributed by atoms with Crippen LogP contribution in [0.1, 0.15) is 30.9 Å². The van der Waals surface area contributed by atoms with E-state index in [4.69, 9.17) is 5.26 Å². The van der Waals surface area contributed by atoms with Gasteiger partial charge in [0.05, 0.1) is 28.2 Å². The first kappa shape index (κ1) is 25.2. The fourth-order valence-corrected chi connectivity index (χ4v) is 5.05. The first-order chi connectivity index (χ1) is 12.9. The van der Waals surface area contributed by atoms with Crippen LogP contribution in [0.3, 0.4) is 0 Å². The van der Waals surface area contributed by atoms with E-state index >= 15 is 0 Å². The van der Waals surface area contributed by atoms with E-state index < -0.39 is 49.7 Å². The maximum absolute atomic E-state index is 13.0. The van der Waals surface area contributed by atoms with Crippen molar-refractivity contribution in [1.82, 2.24) is 5.32 Å². The van der Waals surface area contributed by atoms with Gasteiger partial charge in [-0.05, 0) is 51.1 Å². The molecule has 1 unspecified atom stereocenters.